The molecule has 2 amide bonds. The maximum Gasteiger partial charge on any atom is 0.317 e. The van der Waals surface area contributed by atoms with Gasteiger partial charge in [0, 0.05) is 52.4 Å². The van der Waals surface area contributed by atoms with Crippen LogP contribution in [0.4, 0.5) is 0 Å². The average molecular weight is 568 g/mol. The van der Waals surface area contributed by atoms with Crippen molar-refractivity contribution in [2.45, 2.75) is 38.1 Å². The summed E-state index contributed by atoms with van der Waals surface area (Å²) in [6, 6.07) is -1.26. The van der Waals surface area contributed by atoms with Crippen molar-refractivity contribution in [3.63, 3.8) is 0 Å². The molecule has 0 saturated heterocycles. The van der Waals surface area contributed by atoms with Crippen LogP contribution in [0.2, 0.25) is 0 Å². The molecule has 4 unspecified atom stereocenters. The Morgan fingerprint density at radius 2 is 0.974 bits per heavy atom. The van der Waals surface area contributed by atoms with Crippen molar-refractivity contribution in [1.29, 1.82) is 0 Å². The molecule has 15 heteroatoms. The van der Waals surface area contributed by atoms with E-state index in [4.69, 9.17) is 10.2 Å². The van der Waals surface area contributed by atoms with Gasteiger partial charge in [-0.25, -0.2) is 0 Å². The molecule has 4 atom stereocenters. The van der Waals surface area contributed by atoms with Gasteiger partial charge in [0.25, 0.3) is 0 Å². The lowest BCUT2D eigenvalue weighted by atomic mass is 10.1. The molecule has 0 radical (unpaired) electrons. The molecule has 0 heterocycles. The highest BCUT2D eigenvalue weighted by molar-refractivity contribution is 5.78. The fourth-order valence-electron chi connectivity index (χ4n) is 4.11. The van der Waals surface area contributed by atoms with Crippen LogP contribution in [0, 0.1) is 0 Å². The number of aliphatic hydroxyl groups excluding tert-OH is 6. The first-order chi connectivity index (χ1) is 18.4. The molecule has 0 saturated carbocycles. The summed E-state index contributed by atoms with van der Waals surface area (Å²) in [4.78, 5) is 44.3. The molecular weight excluding hydrogens is 518 g/mol. The minimum absolute atomic E-state index is 0.0531. The van der Waals surface area contributed by atoms with Gasteiger partial charge in [0.2, 0.25) is 11.8 Å². The lowest BCUT2D eigenvalue weighted by Crippen LogP contribution is -2.55. The first-order valence-electron chi connectivity index (χ1n) is 13.1. The number of nitrogens with zero attached hydrogens (tertiary/aromatic N) is 5. The van der Waals surface area contributed by atoms with E-state index < -0.39 is 50.0 Å². The van der Waals surface area contributed by atoms with Crippen molar-refractivity contribution in [3.8, 4) is 0 Å². The van der Waals surface area contributed by atoms with Crippen LogP contribution in [0.25, 0.3) is 0 Å². The Balaban J connectivity index is 5.54. The molecule has 0 aliphatic rings. The zero-order valence-corrected chi connectivity index (χ0v) is 23.6. The Bertz CT molecular complexity index is 669. The van der Waals surface area contributed by atoms with Crippen LogP contribution in [0.5, 0.6) is 0 Å². The number of carboxylic acid groups (broad SMARTS) is 1. The highest BCUT2D eigenvalue weighted by Gasteiger charge is 2.28. The van der Waals surface area contributed by atoms with Crippen molar-refractivity contribution in [2.75, 3.05) is 99.4 Å². The summed E-state index contributed by atoms with van der Waals surface area (Å²) < 4.78 is 0. The summed E-state index contributed by atoms with van der Waals surface area (Å²) in [6.07, 6.45) is -2.17. The average Bonchev–Trinajstić information content (AvgIpc) is 2.90. The van der Waals surface area contributed by atoms with Crippen LogP contribution in [-0.2, 0) is 14.4 Å². The fraction of sp³-hybridized carbons (Fsp3) is 0.875. The van der Waals surface area contributed by atoms with Gasteiger partial charge in [0.05, 0.1) is 58.3 Å². The monoisotopic (exact) mass is 567 g/mol. The zero-order valence-electron chi connectivity index (χ0n) is 23.6. The Labute approximate surface area is 230 Å². The molecule has 15 nitrogen and oxygen atoms in total. The van der Waals surface area contributed by atoms with Gasteiger partial charge in [-0.15, -0.1) is 0 Å². The Morgan fingerprint density at radius 3 is 1.23 bits per heavy atom. The van der Waals surface area contributed by atoms with Crippen LogP contribution in [0.1, 0.15) is 13.8 Å². The number of aliphatic carboxylic acids is 1. The summed E-state index contributed by atoms with van der Waals surface area (Å²) in [5.41, 5.74) is 0. The molecule has 0 aliphatic carbocycles. The third kappa shape index (κ3) is 14.3. The third-order valence-corrected chi connectivity index (χ3v) is 6.48. The van der Waals surface area contributed by atoms with Gasteiger partial charge in [-0.3, -0.25) is 29.1 Å². The summed E-state index contributed by atoms with van der Waals surface area (Å²) in [7, 11) is 2.96. The van der Waals surface area contributed by atoms with E-state index in [0.29, 0.717) is 13.1 Å². The fourth-order valence-corrected chi connectivity index (χ4v) is 4.11. The normalized spacial score (nSPS) is 14.9. The van der Waals surface area contributed by atoms with E-state index in [1.807, 2.05) is 0 Å². The number of hydrogen-bond donors (Lipinski definition) is 7. The van der Waals surface area contributed by atoms with Gasteiger partial charge < -0.3 is 45.5 Å². The molecule has 0 aromatic heterocycles. The second-order valence-electron chi connectivity index (χ2n) is 9.61. The highest BCUT2D eigenvalue weighted by Crippen LogP contribution is 2.09. The van der Waals surface area contributed by atoms with E-state index in [-0.39, 0.29) is 64.3 Å². The number of likely N-dealkylation sites (N-methyl/N-ethyl adjacent to an activating group) is 4. The minimum atomic E-state index is -1.13. The maximum atomic E-state index is 12.6. The van der Waals surface area contributed by atoms with Crippen LogP contribution in [0.3, 0.4) is 0 Å². The number of rotatable bonds is 22. The van der Waals surface area contributed by atoms with Crippen molar-refractivity contribution in [1.82, 2.24) is 24.5 Å². The molecule has 0 fully saturated rings. The van der Waals surface area contributed by atoms with Crippen molar-refractivity contribution in [3.05, 3.63) is 0 Å². The van der Waals surface area contributed by atoms with Crippen molar-refractivity contribution < 1.29 is 50.1 Å². The van der Waals surface area contributed by atoms with Crippen LogP contribution < -0.4 is 0 Å². The van der Waals surface area contributed by atoms with Gasteiger partial charge in [0.1, 0.15) is 0 Å². The molecule has 0 aliphatic heterocycles. The Hall–Kier alpha value is -1.95. The van der Waals surface area contributed by atoms with E-state index in [2.05, 4.69) is 0 Å². The number of amides is 2. The molecular formula is C24H49N5O10. The summed E-state index contributed by atoms with van der Waals surface area (Å²) in [5.74, 6) is -1.84. The van der Waals surface area contributed by atoms with Gasteiger partial charge in [-0.1, -0.05) is 13.8 Å². The largest absolute Gasteiger partial charge is 0.480 e. The van der Waals surface area contributed by atoms with E-state index in [1.165, 1.54) is 28.8 Å². The lowest BCUT2D eigenvalue weighted by molar-refractivity contribution is -0.140. The molecule has 230 valence electrons. The van der Waals surface area contributed by atoms with Crippen molar-refractivity contribution >= 4 is 17.8 Å². The van der Waals surface area contributed by atoms with Crippen LogP contribution in [-0.4, -0.2) is 202 Å². The maximum absolute atomic E-state index is 12.6. The summed E-state index contributed by atoms with van der Waals surface area (Å²) in [6.45, 7) is 1.89. The summed E-state index contributed by atoms with van der Waals surface area (Å²) in [5, 5.41) is 66.9. The second kappa shape index (κ2) is 20.0. The number of carbonyl (C=O) groups excluding carboxylic acids is 2. The van der Waals surface area contributed by atoms with E-state index in [9.17, 15) is 39.9 Å². The molecule has 0 rings (SSSR count). The van der Waals surface area contributed by atoms with E-state index >= 15 is 0 Å². The Kier molecular flexibility index (Phi) is 19.0. The molecule has 0 spiro atoms. The number of aliphatic hydroxyl groups is 6. The van der Waals surface area contributed by atoms with Crippen LogP contribution in [0.15, 0.2) is 0 Å². The van der Waals surface area contributed by atoms with Crippen molar-refractivity contribution in [2.24, 2.45) is 0 Å². The smallest absolute Gasteiger partial charge is 0.317 e. The third-order valence-electron chi connectivity index (χ3n) is 6.48. The first kappa shape index (κ1) is 37.0. The number of carboxylic acids is 1. The predicted molar refractivity (Wildman–Crippen MR) is 142 cm³/mol. The molecule has 0 bridgehead atoms. The standard InChI is InChI=1S/C24H49N5O10/c1-5-28(11-22(36)25(3)9-20(34)16-32)18(14-30)7-27(13-24(38)39)8-19(15-31)29(6-2)12-23(37)26(4)10-21(35)17-33/h18-21,30-35H,5-17H2,1-4H3,(H,38,39). The first-order valence-corrected chi connectivity index (χ1v) is 13.1. The van der Waals surface area contributed by atoms with Gasteiger partial charge in [-0.2, -0.15) is 0 Å². The molecule has 39 heavy (non-hydrogen) atoms. The van der Waals surface area contributed by atoms with Gasteiger partial charge in [-0.05, 0) is 13.1 Å². The molecule has 0 aromatic rings. The minimum Gasteiger partial charge on any atom is -0.480 e. The summed E-state index contributed by atoms with van der Waals surface area (Å²) >= 11 is 0. The number of carbonyl (C=O) groups is 3. The van der Waals surface area contributed by atoms with Gasteiger partial charge in [0.15, 0.2) is 0 Å². The van der Waals surface area contributed by atoms with E-state index in [0.717, 1.165) is 0 Å². The highest BCUT2D eigenvalue weighted by atomic mass is 16.4. The Morgan fingerprint density at radius 1 is 0.615 bits per heavy atom. The quantitative estimate of drug-likeness (QED) is 0.0657. The molecule has 7 N–H and O–H groups in total. The molecule has 0 aromatic carbocycles. The van der Waals surface area contributed by atoms with Crippen LogP contribution >= 0.6 is 0 Å². The topological polar surface area (TPSA) is 209 Å². The number of hydrogen-bond acceptors (Lipinski definition) is 12. The van der Waals surface area contributed by atoms with Gasteiger partial charge >= 0.3 is 5.97 Å². The zero-order chi connectivity index (χ0) is 30.1. The predicted octanol–water partition coefficient (Wildman–Crippen LogP) is -4.64. The lowest BCUT2D eigenvalue weighted by Gasteiger charge is -2.37. The van der Waals surface area contributed by atoms with E-state index in [1.54, 1.807) is 23.6 Å². The second-order valence-corrected chi connectivity index (χ2v) is 9.61. The SMILES string of the molecule is CCN(CC(=O)N(C)CC(O)CO)C(CO)CN(CC(=O)O)CC(CO)N(CC)CC(=O)N(C)CC(O)CO.